The van der Waals surface area contributed by atoms with Gasteiger partial charge in [0.1, 0.15) is 5.75 Å². The molecule has 2 aromatic rings. The minimum atomic E-state index is -0.119. The van der Waals surface area contributed by atoms with E-state index < -0.39 is 0 Å². The molecule has 122 valence electrons. The average Bonchev–Trinajstić information content (AvgIpc) is 2.98. The number of hydrogen-bond donors (Lipinski definition) is 1. The molecule has 2 heterocycles. The molecule has 0 fully saturated rings. The summed E-state index contributed by atoms with van der Waals surface area (Å²) in [6.07, 6.45) is 1.81. The van der Waals surface area contributed by atoms with Crippen LogP contribution in [0.15, 0.2) is 30.6 Å². The maximum Gasteiger partial charge on any atom is 0.322 e. The highest BCUT2D eigenvalue weighted by atomic mass is 16.5. The number of carbonyl (C=O) groups is 1. The van der Waals surface area contributed by atoms with E-state index in [-0.39, 0.29) is 6.03 Å². The third-order valence-corrected chi connectivity index (χ3v) is 3.89. The zero-order valence-corrected chi connectivity index (χ0v) is 13.3. The Kier molecular flexibility index (Phi) is 4.47. The monoisotopic (exact) mass is 316 g/mol. The van der Waals surface area contributed by atoms with Gasteiger partial charge in [0.05, 0.1) is 38.0 Å². The fourth-order valence-corrected chi connectivity index (χ4v) is 2.62. The molecule has 7 heteroatoms. The van der Waals surface area contributed by atoms with E-state index in [4.69, 9.17) is 9.47 Å². The molecule has 0 spiro atoms. The summed E-state index contributed by atoms with van der Waals surface area (Å²) in [5.74, 6) is 0.758. The van der Waals surface area contributed by atoms with Crippen LogP contribution in [-0.2, 0) is 24.4 Å². The van der Waals surface area contributed by atoms with Gasteiger partial charge in [-0.3, -0.25) is 0 Å². The van der Waals surface area contributed by atoms with Gasteiger partial charge in [0.2, 0.25) is 0 Å². The molecule has 1 aromatic carbocycles. The lowest BCUT2D eigenvalue weighted by molar-refractivity contribution is 0.175. The molecule has 0 bridgehead atoms. The number of hydrogen-bond acceptors (Lipinski definition) is 4. The van der Waals surface area contributed by atoms with Crippen LogP contribution in [0.3, 0.4) is 0 Å². The Morgan fingerprint density at radius 1 is 1.26 bits per heavy atom. The molecular formula is C16H20N4O3. The van der Waals surface area contributed by atoms with E-state index in [1.165, 1.54) is 0 Å². The quantitative estimate of drug-likeness (QED) is 0.938. The third-order valence-electron chi connectivity index (χ3n) is 3.89. The molecule has 23 heavy (non-hydrogen) atoms. The summed E-state index contributed by atoms with van der Waals surface area (Å²) in [6.45, 7) is 2.37. The van der Waals surface area contributed by atoms with Gasteiger partial charge in [0.25, 0.3) is 0 Å². The van der Waals surface area contributed by atoms with Gasteiger partial charge in [0.15, 0.2) is 0 Å². The number of amides is 2. The summed E-state index contributed by atoms with van der Waals surface area (Å²) in [5.41, 5.74) is 2.66. The second-order valence-electron chi connectivity index (χ2n) is 5.34. The van der Waals surface area contributed by atoms with Crippen LogP contribution in [0.4, 0.5) is 10.5 Å². The number of fused-ring (bicyclic) bond motifs is 1. The van der Waals surface area contributed by atoms with Gasteiger partial charge >= 0.3 is 6.03 Å². The summed E-state index contributed by atoms with van der Waals surface area (Å²) < 4.78 is 12.3. The topological polar surface area (TPSA) is 68.6 Å². The number of urea groups is 1. The highest BCUT2D eigenvalue weighted by molar-refractivity contribution is 5.89. The lowest BCUT2D eigenvalue weighted by atomic mass is 10.2. The van der Waals surface area contributed by atoms with Crippen molar-refractivity contribution in [2.45, 2.75) is 19.7 Å². The molecule has 0 atom stereocenters. The van der Waals surface area contributed by atoms with Crippen LogP contribution < -0.4 is 10.1 Å². The predicted molar refractivity (Wildman–Crippen MR) is 85.4 cm³/mol. The van der Waals surface area contributed by atoms with Gasteiger partial charge in [-0.15, -0.1) is 0 Å². The van der Waals surface area contributed by atoms with Crippen LogP contribution >= 0.6 is 0 Å². The van der Waals surface area contributed by atoms with Crippen LogP contribution in [0.25, 0.3) is 0 Å². The van der Waals surface area contributed by atoms with Crippen molar-refractivity contribution in [2.75, 3.05) is 26.1 Å². The average molecular weight is 316 g/mol. The van der Waals surface area contributed by atoms with Crippen molar-refractivity contribution in [3.8, 4) is 5.75 Å². The maximum atomic E-state index is 12.4. The summed E-state index contributed by atoms with van der Waals surface area (Å²) in [4.78, 5) is 18.6. The van der Waals surface area contributed by atoms with E-state index >= 15 is 0 Å². The van der Waals surface area contributed by atoms with Gasteiger partial charge < -0.3 is 24.3 Å². The van der Waals surface area contributed by atoms with E-state index in [1.807, 2.05) is 30.6 Å². The van der Waals surface area contributed by atoms with Crippen LogP contribution in [-0.4, -0.2) is 41.2 Å². The van der Waals surface area contributed by atoms with Crippen molar-refractivity contribution >= 4 is 11.7 Å². The van der Waals surface area contributed by atoms with E-state index in [0.29, 0.717) is 19.7 Å². The Morgan fingerprint density at radius 2 is 2.04 bits per heavy atom. The number of carbonyl (C=O) groups excluding carboxylic acids is 1. The molecule has 0 saturated carbocycles. The summed E-state index contributed by atoms with van der Waals surface area (Å²) in [7, 11) is 3.25. The molecule has 3 rings (SSSR count). The highest BCUT2D eigenvalue weighted by Gasteiger charge is 2.23. The highest BCUT2D eigenvalue weighted by Crippen LogP contribution is 2.19. The predicted octanol–water partition coefficient (Wildman–Crippen LogP) is 2.09. The Balaban J connectivity index is 1.67. The first kappa shape index (κ1) is 15.4. The molecule has 2 amide bonds. The Hall–Kier alpha value is -2.54. The third kappa shape index (κ3) is 3.29. The Morgan fingerprint density at radius 3 is 2.74 bits per heavy atom. The van der Waals surface area contributed by atoms with Crippen molar-refractivity contribution < 1.29 is 14.3 Å². The zero-order chi connectivity index (χ0) is 16.2. The molecule has 0 aliphatic carbocycles. The number of imidazole rings is 1. The first-order valence-electron chi connectivity index (χ1n) is 7.43. The number of nitrogens with one attached hydrogen (secondary N) is 1. The lowest BCUT2D eigenvalue weighted by Crippen LogP contribution is -2.40. The fourth-order valence-electron chi connectivity index (χ4n) is 2.62. The Labute approximate surface area is 134 Å². The van der Waals surface area contributed by atoms with Crippen LogP contribution in [0.5, 0.6) is 5.75 Å². The number of nitrogens with zero attached hydrogens (tertiary/aromatic N) is 3. The van der Waals surface area contributed by atoms with Crippen LogP contribution in [0.2, 0.25) is 0 Å². The fraction of sp³-hybridized carbons (Fsp3) is 0.375. The van der Waals surface area contributed by atoms with E-state index in [9.17, 15) is 4.79 Å². The molecule has 1 aliphatic heterocycles. The molecule has 0 unspecified atom stereocenters. The maximum absolute atomic E-state index is 12.4. The minimum Gasteiger partial charge on any atom is -0.497 e. The first-order valence-corrected chi connectivity index (χ1v) is 7.43. The van der Waals surface area contributed by atoms with Gasteiger partial charge in [-0.25, -0.2) is 9.78 Å². The van der Waals surface area contributed by atoms with Crippen molar-refractivity contribution in [1.82, 2.24) is 14.5 Å². The number of aromatic nitrogens is 2. The molecule has 0 saturated heterocycles. The number of ether oxygens (including phenoxy) is 2. The lowest BCUT2D eigenvalue weighted by Gasteiger charge is -2.29. The zero-order valence-electron chi connectivity index (χ0n) is 13.3. The van der Waals surface area contributed by atoms with Crippen molar-refractivity contribution in [3.63, 3.8) is 0 Å². The van der Waals surface area contributed by atoms with Gasteiger partial charge in [0, 0.05) is 25.9 Å². The second kappa shape index (κ2) is 6.70. The standard InChI is InChI=1S/C16H20N4O3/c1-22-10-14-15-9-19(7-8-20(15)11-17-14)16(21)18-12-3-5-13(23-2)6-4-12/h3-6,11H,7-10H2,1-2H3,(H,18,21). The smallest absolute Gasteiger partial charge is 0.322 e. The molecule has 0 radical (unpaired) electrons. The Bertz CT molecular complexity index is 681. The van der Waals surface area contributed by atoms with Crippen molar-refractivity contribution in [3.05, 3.63) is 42.0 Å². The second-order valence-corrected chi connectivity index (χ2v) is 5.34. The van der Waals surface area contributed by atoms with Crippen molar-refractivity contribution in [2.24, 2.45) is 0 Å². The van der Waals surface area contributed by atoms with Crippen LogP contribution in [0.1, 0.15) is 11.4 Å². The summed E-state index contributed by atoms with van der Waals surface area (Å²) >= 11 is 0. The SMILES string of the molecule is COCc1ncn2c1CN(C(=O)Nc1ccc(OC)cc1)CC2. The number of anilines is 1. The number of benzene rings is 1. The van der Waals surface area contributed by atoms with Crippen molar-refractivity contribution in [1.29, 1.82) is 0 Å². The molecule has 1 aliphatic rings. The molecular weight excluding hydrogens is 296 g/mol. The molecule has 1 N–H and O–H groups in total. The van der Waals surface area contributed by atoms with Crippen LogP contribution in [0, 0.1) is 0 Å². The summed E-state index contributed by atoms with van der Waals surface area (Å²) in [6, 6.07) is 7.16. The molecule has 1 aromatic heterocycles. The van der Waals surface area contributed by atoms with E-state index in [2.05, 4.69) is 14.9 Å². The van der Waals surface area contributed by atoms with E-state index in [1.54, 1.807) is 19.1 Å². The van der Waals surface area contributed by atoms with E-state index in [0.717, 1.165) is 29.4 Å². The van der Waals surface area contributed by atoms with Gasteiger partial charge in [-0.05, 0) is 24.3 Å². The van der Waals surface area contributed by atoms with Gasteiger partial charge in [-0.2, -0.15) is 0 Å². The van der Waals surface area contributed by atoms with Gasteiger partial charge in [-0.1, -0.05) is 0 Å². The molecule has 7 nitrogen and oxygen atoms in total. The number of methoxy groups -OCH3 is 2. The normalized spacial score (nSPS) is 13.6. The largest absolute Gasteiger partial charge is 0.497 e. The summed E-state index contributed by atoms with van der Waals surface area (Å²) in [5, 5.41) is 2.91. The minimum absolute atomic E-state index is 0.119. The first-order chi connectivity index (χ1) is 11.2. The number of rotatable bonds is 4.